The lowest BCUT2D eigenvalue weighted by Gasteiger charge is -2.16. The molecule has 4 rings (SSSR count). The predicted octanol–water partition coefficient (Wildman–Crippen LogP) is 1.44. The van der Waals surface area contributed by atoms with Crippen LogP contribution in [0.1, 0.15) is 5.56 Å². The normalized spacial score (nSPS) is 13.5. The molecule has 0 bridgehead atoms. The summed E-state index contributed by atoms with van der Waals surface area (Å²) in [5.41, 5.74) is 3.55. The van der Waals surface area contributed by atoms with Gasteiger partial charge in [0.25, 0.3) is 0 Å². The van der Waals surface area contributed by atoms with Crippen molar-refractivity contribution in [3.8, 4) is 0 Å². The van der Waals surface area contributed by atoms with Gasteiger partial charge < -0.3 is 4.90 Å². The Balaban J connectivity index is 1.52. The third-order valence-electron chi connectivity index (χ3n) is 3.88. The highest BCUT2D eigenvalue weighted by Gasteiger charge is 2.24. The number of nitrogens with zero attached hydrogens (tertiary/aromatic N) is 6. The number of aryl methyl sites for hydroxylation is 1. The van der Waals surface area contributed by atoms with Gasteiger partial charge in [0.2, 0.25) is 5.91 Å². The molecule has 0 atom stereocenters. The Labute approximate surface area is 136 Å². The molecule has 3 aromatic rings. The number of fused-ring (bicyclic) bond motifs is 2. The zero-order valence-corrected chi connectivity index (χ0v) is 13.3. The molecule has 2 aromatic heterocycles. The Morgan fingerprint density at radius 3 is 3.09 bits per heavy atom. The van der Waals surface area contributed by atoms with E-state index >= 15 is 0 Å². The zero-order chi connectivity index (χ0) is 15.8. The number of hydrogen-bond acceptors (Lipinski definition) is 6. The van der Waals surface area contributed by atoms with Crippen LogP contribution in [0.25, 0.3) is 11.2 Å². The molecular weight excluding hydrogens is 312 g/mol. The molecule has 116 valence electrons. The van der Waals surface area contributed by atoms with Gasteiger partial charge in [-0.15, -0.1) is 5.10 Å². The van der Waals surface area contributed by atoms with Crippen LogP contribution in [-0.2, 0) is 18.3 Å². The van der Waals surface area contributed by atoms with Crippen LogP contribution < -0.4 is 4.90 Å². The van der Waals surface area contributed by atoms with Gasteiger partial charge in [0.15, 0.2) is 11.2 Å². The number of rotatable bonds is 3. The van der Waals surface area contributed by atoms with Gasteiger partial charge in [-0.2, -0.15) is 0 Å². The van der Waals surface area contributed by atoms with Gasteiger partial charge >= 0.3 is 0 Å². The number of anilines is 1. The summed E-state index contributed by atoms with van der Waals surface area (Å²) in [5.74, 6) is 0.396. The van der Waals surface area contributed by atoms with Crippen LogP contribution in [0.5, 0.6) is 0 Å². The Morgan fingerprint density at radius 1 is 1.30 bits per heavy atom. The lowest BCUT2D eigenvalue weighted by atomic mass is 10.2. The molecule has 0 unspecified atom stereocenters. The van der Waals surface area contributed by atoms with Crippen molar-refractivity contribution >= 4 is 34.5 Å². The van der Waals surface area contributed by atoms with Crippen LogP contribution in [0.4, 0.5) is 5.69 Å². The zero-order valence-electron chi connectivity index (χ0n) is 12.5. The minimum Gasteiger partial charge on any atom is -0.311 e. The number of carbonyl (C=O) groups is 1. The van der Waals surface area contributed by atoms with E-state index in [2.05, 4.69) is 26.3 Å². The first-order valence-electron chi connectivity index (χ1n) is 7.25. The van der Waals surface area contributed by atoms with Gasteiger partial charge in [-0.05, 0) is 18.1 Å². The first kappa shape index (κ1) is 14.1. The fourth-order valence-corrected chi connectivity index (χ4v) is 3.55. The van der Waals surface area contributed by atoms with Gasteiger partial charge in [-0.1, -0.05) is 35.2 Å². The second-order valence-corrected chi connectivity index (χ2v) is 6.24. The van der Waals surface area contributed by atoms with E-state index in [1.807, 2.05) is 23.1 Å². The van der Waals surface area contributed by atoms with Gasteiger partial charge in [-0.3, -0.25) is 4.79 Å². The second-order valence-electron chi connectivity index (χ2n) is 5.28. The molecule has 1 aromatic carbocycles. The van der Waals surface area contributed by atoms with E-state index in [9.17, 15) is 4.79 Å². The lowest BCUT2D eigenvalue weighted by Crippen LogP contribution is -2.30. The maximum Gasteiger partial charge on any atom is 0.237 e. The highest BCUT2D eigenvalue weighted by Crippen LogP contribution is 2.29. The molecule has 1 aliphatic heterocycles. The van der Waals surface area contributed by atoms with Crippen LogP contribution in [0.3, 0.4) is 0 Å². The molecule has 0 radical (unpaired) electrons. The Bertz CT molecular complexity index is 893. The molecule has 0 fully saturated rings. The summed E-state index contributed by atoms with van der Waals surface area (Å²) in [4.78, 5) is 22.8. The largest absolute Gasteiger partial charge is 0.311 e. The molecule has 23 heavy (non-hydrogen) atoms. The molecule has 0 aliphatic carbocycles. The van der Waals surface area contributed by atoms with Crippen molar-refractivity contribution in [1.82, 2.24) is 25.0 Å². The average Bonchev–Trinajstić information content (AvgIpc) is 3.17. The van der Waals surface area contributed by atoms with Gasteiger partial charge in [0, 0.05) is 19.3 Å². The predicted molar refractivity (Wildman–Crippen MR) is 87.3 cm³/mol. The van der Waals surface area contributed by atoms with Crippen molar-refractivity contribution in [3.63, 3.8) is 0 Å². The number of carbonyl (C=O) groups excluding carboxylic acids is 1. The highest BCUT2D eigenvalue weighted by molar-refractivity contribution is 8.00. The fourth-order valence-electron chi connectivity index (χ4n) is 2.74. The van der Waals surface area contributed by atoms with Gasteiger partial charge in [-0.25, -0.2) is 14.6 Å². The van der Waals surface area contributed by atoms with Crippen molar-refractivity contribution in [2.24, 2.45) is 7.05 Å². The Hall–Kier alpha value is -2.48. The number of hydrogen-bond donors (Lipinski definition) is 0. The molecule has 0 N–H and O–H groups in total. The highest BCUT2D eigenvalue weighted by atomic mass is 32.2. The number of para-hydroxylation sites is 1. The third kappa shape index (κ3) is 2.44. The first-order chi connectivity index (χ1) is 11.2. The number of aromatic nitrogens is 5. The summed E-state index contributed by atoms with van der Waals surface area (Å²) >= 11 is 1.37. The van der Waals surface area contributed by atoms with Crippen LogP contribution in [0.2, 0.25) is 0 Å². The third-order valence-corrected chi connectivity index (χ3v) is 4.84. The first-order valence-corrected chi connectivity index (χ1v) is 8.24. The summed E-state index contributed by atoms with van der Waals surface area (Å²) in [6.45, 7) is 0.739. The monoisotopic (exact) mass is 326 g/mol. The minimum atomic E-state index is 0.0793. The van der Waals surface area contributed by atoms with Gasteiger partial charge in [0.1, 0.15) is 11.4 Å². The summed E-state index contributed by atoms with van der Waals surface area (Å²) in [7, 11) is 1.78. The van der Waals surface area contributed by atoms with Crippen molar-refractivity contribution in [2.75, 3.05) is 17.2 Å². The van der Waals surface area contributed by atoms with E-state index in [4.69, 9.17) is 0 Å². The summed E-state index contributed by atoms with van der Waals surface area (Å²) in [6, 6.07) is 8.04. The van der Waals surface area contributed by atoms with Crippen molar-refractivity contribution in [3.05, 3.63) is 36.2 Å². The van der Waals surface area contributed by atoms with Crippen molar-refractivity contribution in [1.29, 1.82) is 0 Å². The summed E-state index contributed by atoms with van der Waals surface area (Å²) in [6.07, 6.45) is 2.39. The summed E-state index contributed by atoms with van der Waals surface area (Å²) < 4.78 is 1.60. The van der Waals surface area contributed by atoms with E-state index in [0.29, 0.717) is 21.9 Å². The average molecular weight is 326 g/mol. The second kappa shape index (κ2) is 5.62. The Kier molecular flexibility index (Phi) is 3.45. The maximum absolute atomic E-state index is 12.5. The van der Waals surface area contributed by atoms with Crippen LogP contribution in [0.15, 0.2) is 35.6 Å². The fraction of sp³-hybridized carbons (Fsp3) is 0.267. The van der Waals surface area contributed by atoms with Crippen LogP contribution >= 0.6 is 11.8 Å². The standard InChI is InChI=1S/C15H14N6OS/c1-20-14-13(18-19-20)15(17-9-16-14)23-8-12(22)21-7-6-10-4-2-3-5-11(10)21/h2-5,9H,6-8H2,1H3. The Morgan fingerprint density at radius 2 is 2.17 bits per heavy atom. The van der Waals surface area contributed by atoms with E-state index < -0.39 is 0 Å². The topological polar surface area (TPSA) is 76.8 Å². The van der Waals surface area contributed by atoms with Gasteiger partial charge in [0.05, 0.1) is 5.75 Å². The van der Waals surface area contributed by atoms with Crippen LogP contribution in [0, 0.1) is 0 Å². The lowest BCUT2D eigenvalue weighted by molar-refractivity contribution is -0.116. The van der Waals surface area contributed by atoms with E-state index in [0.717, 1.165) is 18.7 Å². The molecule has 0 spiro atoms. The molecule has 0 saturated carbocycles. The van der Waals surface area contributed by atoms with E-state index in [1.54, 1.807) is 11.7 Å². The number of thioether (sulfide) groups is 1. The van der Waals surface area contributed by atoms with Crippen molar-refractivity contribution in [2.45, 2.75) is 11.4 Å². The van der Waals surface area contributed by atoms with Crippen molar-refractivity contribution < 1.29 is 4.79 Å². The molecule has 1 amide bonds. The van der Waals surface area contributed by atoms with Crippen LogP contribution in [-0.4, -0.2) is 43.2 Å². The number of benzene rings is 1. The number of amides is 1. The molecule has 1 aliphatic rings. The summed E-state index contributed by atoms with van der Waals surface area (Å²) in [5, 5.41) is 8.70. The minimum absolute atomic E-state index is 0.0793. The van der Waals surface area contributed by atoms with E-state index in [1.165, 1.54) is 23.7 Å². The molecular formula is C15H14N6OS. The molecule has 7 nitrogen and oxygen atoms in total. The smallest absolute Gasteiger partial charge is 0.237 e. The quantitative estimate of drug-likeness (QED) is 0.535. The maximum atomic E-state index is 12.5. The molecule has 0 saturated heterocycles. The molecule has 8 heteroatoms. The van der Waals surface area contributed by atoms with E-state index in [-0.39, 0.29) is 5.91 Å². The molecule has 3 heterocycles. The SMILES string of the molecule is Cn1nnc2c(SCC(=O)N3CCc4ccccc43)ncnc21.